The predicted octanol–water partition coefficient (Wildman–Crippen LogP) is 4.09. The van der Waals surface area contributed by atoms with E-state index >= 15 is 0 Å². The molecule has 0 saturated heterocycles. The molecule has 3 aromatic rings. The fraction of sp³-hybridized carbons (Fsp3) is 0.208. The van der Waals surface area contributed by atoms with E-state index in [2.05, 4.69) is 10.6 Å². The van der Waals surface area contributed by atoms with Crippen molar-refractivity contribution in [3.05, 3.63) is 102 Å². The number of rotatable bonds is 9. The van der Waals surface area contributed by atoms with Gasteiger partial charge in [0.25, 0.3) is 0 Å². The monoisotopic (exact) mass is 392 g/mol. The molecule has 0 aliphatic rings. The lowest BCUT2D eigenvalue weighted by atomic mass is 9.98. The highest BCUT2D eigenvalue weighted by atomic mass is 19.1. The van der Waals surface area contributed by atoms with Crippen LogP contribution in [-0.2, 0) is 4.79 Å². The zero-order valence-corrected chi connectivity index (χ0v) is 16.3. The van der Waals surface area contributed by atoms with Gasteiger partial charge in [0.2, 0.25) is 5.91 Å². The van der Waals surface area contributed by atoms with Crippen LogP contribution in [0.4, 0.5) is 4.39 Å². The van der Waals surface area contributed by atoms with Gasteiger partial charge >= 0.3 is 0 Å². The number of carbonyl (C=O) groups is 1. The second kappa shape index (κ2) is 10.4. The normalized spacial score (nSPS) is 11.8. The first-order chi connectivity index (χ1) is 14.1. The highest BCUT2D eigenvalue weighted by Gasteiger charge is 2.20. The Bertz CT molecular complexity index is 864. The molecule has 29 heavy (non-hydrogen) atoms. The van der Waals surface area contributed by atoms with Crippen LogP contribution in [0.1, 0.15) is 24.1 Å². The van der Waals surface area contributed by atoms with Gasteiger partial charge in [-0.1, -0.05) is 72.8 Å². The summed E-state index contributed by atoms with van der Waals surface area (Å²) in [7, 11) is 0. The van der Waals surface area contributed by atoms with Crippen LogP contribution in [0.5, 0.6) is 5.75 Å². The van der Waals surface area contributed by atoms with Crippen LogP contribution in [0.2, 0.25) is 0 Å². The number of halogens is 1. The Hall–Kier alpha value is -3.18. The molecule has 1 atom stereocenters. The molecule has 1 unspecified atom stereocenters. The molecule has 3 aromatic carbocycles. The van der Waals surface area contributed by atoms with Crippen molar-refractivity contribution in [2.75, 3.05) is 13.2 Å². The molecule has 0 aromatic heterocycles. The zero-order valence-electron chi connectivity index (χ0n) is 16.3. The molecule has 1 amide bonds. The molecule has 0 aliphatic heterocycles. The summed E-state index contributed by atoms with van der Waals surface area (Å²) in [6.45, 7) is 2.48. The van der Waals surface area contributed by atoms with Gasteiger partial charge in [0.05, 0.1) is 12.1 Å². The Morgan fingerprint density at radius 2 is 1.45 bits per heavy atom. The van der Waals surface area contributed by atoms with Gasteiger partial charge in [-0.05, 0) is 30.2 Å². The molecule has 0 heterocycles. The first kappa shape index (κ1) is 20.6. The standard InChI is InChI=1S/C24H25FN2O2/c1-18(26-16-17-29-22-15-9-8-14-21(22)25)24(28)27-23(19-10-4-2-5-11-19)20-12-6-3-7-13-20/h2-15,18,23,26H,16-17H2,1H3,(H,27,28). The number of hydrogen-bond donors (Lipinski definition) is 2. The minimum absolute atomic E-state index is 0.117. The van der Waals surface area contributed by atoms with E-state index in [9.17, 15) is 9.18 Å². The molecule has 4 nitrogen and oxygen atoms in total. The molecule has 0 aliphatic carbocycles. The average molecular weight is 392 g/mol. The number of hydrogen-bond acceptors (Lipinski definition) is 3. The van der Waals surface area contributed by atoms with Gasteiger partial charge in [0, 0.05) is 6.54 Å². The van der Waals surface area contributed by atoms with Gasteiger partial charge in [-0.2, -0.15) is 0 Å². The molecule has 2 N–H and O–H groups in total. The van der Waals surface area contributed by atoms with Crippen molar-refractivity contribution in [3.8, 4) is 5.75 Å². The number of ether oxygens (including phenoxy) is 1. The number of benzene rings is 3. The molecule has 150 valence electrons. The smallest absolute Gasteiger partial charge is 0.237 e. The second-order valence-electron chi connectivity index (χ2n) is 6.72. The van der Waals surface area contributed by atoms with E-state index < -0.39 is 11.9 Å². The van der Waals surface area contributed by atoms with Crippen LogP contribution in [0, 0.1) is 5.82 Å². The van der Waals surface area contributed by atoms with Crippen LogP contribution in [0.15, 0.2) is 84.9 Å². The highest BCUT2D eigenvalue weighted by Crippen LogP contribution is 2.21. The fourth-order valence-electron chi connectivity index (χ4n) is 3.01. The average Bonchev–Trinajstić information content (AvgIpc) is 2.77. The van der Waals surface area contributed by atoms with Gasteiger partial charge in [-0.15, -0.1) is 0 Å². The van der Waals surface area contributed by atoms with Crippen LogP contribution in [0.25, 0.3) is 0 Å². The molecule has 0 fully saturated rings. The maximum absolute atomic E-state index is 13.6. The number of amides is 1. The van der Waals surface area contributed by atoms with E-state index in [1.807, 2.05) is 60.7 Å². The van der Waals surface area contributed by atoms with Crippen LogP contribution >= 0.6 is 0 Å². The van der Waals surface area contributed by atoms with Crippen molar-refractivity contribution < 1.29 is 13.9 Å². The van der Waals surface area contributed by atoms with Gasteiger partial charge in [-0.25, -0.2) is 4.39 Å². The van der Waals surface area contributed by atoms with Crippen LogP contribution in [-0.4, -0.2) is 25.1 Å². The van der Waals surface area contributed by atoms with Gasteiger partial charge < -0.3 is 15.4 Å². The SMILES string of the molecule is CC(NCCOc1ccccc1F)C(=O)NC(c1ccccc1)c1ccccc1. The topological polar surface area (TPSA) is 50.4 Å². The quantitative estimate of drug-likeness (QED) is 0.540. The highest BCUT2D eigenvalue weighted by molar-refractivity contribution is 5.82. The Labute approximate surface area is 170 Å². The molecule has 0 spiro atoms. The summed E-state index contributed by atoms with van der Waals surface area (Å²) in [6.07, 6.45) is 0. The van der Waals surface area contributed by atoms with E-state index in [1.54, 1.807) is 25.1 Å². The summed E-state index contributed by atoms with van der Waals surface area (Å²) in [5, 5.41) is 6.24. The first-order valence-electron chi connectivity index (χ1n) is 9.66. The van der Waals surface area contributed by atoms with Crippen molar-refractivity contribution >= 4 is 5.91 Å². The maximum Gasteiger partial charge on any atom is 0.237 e. The summed E-state index contributed by atoms with van der Waals surface area (Å²) in [5.41, 5.74) is 2.03. The Morgan fingerprint density at radius 1 is 0.897 bits per heavy atom. The van der Waals surface area contributed by atoms with Crippen molar-refractivity contribution in [1.82, 2.24) is 10.6 Å². The third-order valence-electron chi connectivity index (χ3n) is 4.59. The third kappa shape index (κ3) is 5.90. The minimum atomic E-state index is -0.422. The number of nitrogens with one attached hydrogen (secondary N) is 2. The Balaban J connectivity index is 1.56. The molecule has 5 heteroatoms. The molecular weight excluding hydrogens is 367 g/mol. The van der Waals surface area contributed by atoms with E-state index in [4.69, 9.17) is 4.74 Å². The largest absolute Gasteiger partial charge is 0.489 e. The lowest BCUT2D eigenvalue weighted by molar-refractivity contribution is -0.123. The Kier molecular flexibility index (Phi) is 7.36. The zero-order chi connectivity index (χ0) is 20.5. The first-order valence-corrected chi connectivity index (χ1v) is 9.66. The summed E-state index contributed by atoms with van der Waals surface area (Å²) in [5.74, 6) is -0.305. The molecular formula is C24H25FN2O2. The van der Waals surface area contributed by atoms with Crippen molar-refractivity contribution in [2.24, 2.45) is 0 Å². The van der Waals surface area contributed by atoms with Crippen molar-refractivity contribution in [3.63, 3.8) is 0 Å². The van der Waals surface area contributed by atoms with E-state index in [1.165, 1.54) is 6.07 Å². The molecule has 3 rings (SSSR count). The minimum Gasteiger partial charge on any atom is -0.489 e. The summed E-state index contributed by atoms with van der Waals surface area (Å²) < 4.78 is 19.0. The summed E-state index contributed by atoms with van der Waals surface area (Å²) >= 11 is 0. The van der Waals surface area contributed by atoms with Crippen molar-refractivity contribution in [2.45, 2.75) is 19.0 Å². The van der Waals surface area contributed by atoms with Crippen LogP contribution in [0.3, 0.4) is 0 Å². The predicted molar refractivity (Wildman–Crippen MR) is 112 cm³/mol. The second-order valence-corrected chi connectivity index (χ2v) is 6.72. The van der Waals surface area contributed by atoms with Crippen LogP contribution < -0.4 is 15.4 Å². The number of para-hydroxylation sites is 1. The number of carbonyl (C=O) groups excluding carboxylic acids is 1. The van der Waals surface area contributed by atoms with Gasteiger partial charge in [-0.3, -0.25) is 4.79 Å². The lowest BCUT2D eigenvalue weighted by Gasteiger charge is -2.22. The fourth-order valence-corrected chi connectivity index (χ4v) is 3.01. The third-order valence-corrected chi connectivity index (χ3v) is 4.59. The van der Waals surface area contributed by atoms with Gasteiger partial charge in [0.1, 0.15) is 6.61 Å². The van der Waals surface area contributed by atoms with E-state index in [0.717, 1.165) is 11.1 Å². The summed E-state index contributed by atoms with van der Waals surface area (Å²) in [4.78, 5) is 12.7. The lowest BCUT2D eigenvalue weighted by Crippen LogP contribution is -2.44. The molecule has 0 radical (unpaired) electrons. The maximum atomic E-state index is 13.6. The van der Waals surface area contributed by atoms with Gasteiger partial charge in [0.15, 0.2) is 11.6 Å². The van der Waals surface area contributed by atoms with E-state index in [0.29, 0.717) is 6.54 Å². The summed E-state index contributed by atoms with van der Waals surface area (Å²) in [6, 6.07) is 25.3. The Morgan fingerprint density at radius 3 is 2.03 bits per heavy atom. The molecule has 0 bridgehead atoms. The van der Waals surface area contributed by atoms with E-state index in [-0.39, 0.29) is 24.3 Å². The van der Waals surface area contributed by atoms with Crippen molar-refractivity contribution in [1.29, 1.82) is 0 Å². The molecule has 0 saturated carbocycles.